The number of fused-ring (bicyclic) bond motifs is 3. The zero-order valence-corrected chi connectivity index (χ0v) is 12.6. The minimum atomic E-state index is -0.847. The topological polar surface area (TPSA) is 86.6 Å². The van der Waals surface area contributed by atoms with Gasteiger partial charge in [0.25, 0.3) is 0 Å². The summed E-state index contributed by atoms with van der Waals surface area (Å²) in [4.78, 5) is 23.7. The van der Waals surface area contributed by atoms with Crippen LogP contribution in [0.25, 0.3) is 0 Å². The van der Waals surface area contributed by atoms with Gasteiger partial charge in [-0.2, -0.15) is 0 Å². The van der Waals surface area contributed by atoms with Gasteiger partial charge in [-0.05, 0) is 62.3 Å². The Labute approximate surface area is 129 Å². The molecule has 7 atom stereocenters. The number of hydrogen-bond donors (Lipinski definition) is 3. The first-order valence-corrected chi connectivity index (χ1v) is 8.40. The second-order valence-corrected chi connectivity index (χ2v) is 7.70. The second-order valence-electron chi connectivity index (χ2n) is 7.70. The Morgan fingerprint density at radius 1 is 1.18 bits per heavy atom. The van der Waals surface area contributed by atoms with Gasteiger partial charge < -0.3 is 15.5 Å². The number of carbonyl (C=O) groups is 2. The summed E-state index contributed by atoms with van der Waals surface area (Å²) >= 11 is 0. The number of hydrogen-bond acceptors (Lipinski definition) is 3. The van der Waals surface area contributed by atoms with Gasteiger partial charge in [-0.25, -0.2) is 0 Å². The summed E-state index contributed by atoms with van der Waals surface area (Å²) < 4.78 is 0. The van der Waals surface area contributed by atoms with Crippen LogP contribution in [-0.4, -0.2) is 34.7 Å². The van der Waals surface area contributed by atoms with Gasteiger partial charge in [0.2, 0.25) is 0 Å². The van der Waals surface area contributed by atoms with Gasteiger partial charge in [0.05, 0.1) is 11.3 Å². The van der Waals surface area contributed by atoms with Gasteiger partial charge in [0.15, 0.2) is 0 Å². The molecule has 0 spiro atoms. The largest absolute Gasteiger partial charge is 0.481 e. The van der Waals surface area contributed by atoms with Crippen LogP contribution in [0.3, 0.4) is 0 Å². The van der Waals surface area contributed by atoms with E-state index in [-0.39, 0.29) is 23.7 Å². The summed E-state index contributed by atoms with van der Waals surface area (Å²) in [6.07, 6.45) is 8.03. The van der Waals surface area contributed by atoms with Gasteiger partial charge in [0.1, 0.15) is 0 Å². The number of carboxylic acids is 2. The molecule has 4 rings (SSSR count). The molecule has 7 unspecified atom stereocenters. The summed E-state index contributed by atoms with van der Waals surface area (Å²) in [6.45, 7) is 0.911. The molecule has 0 aromatic carbocycles. The van der Waals surface area contributed by atoms with Crippen molar-refractivity contribution in [1.29, 1.82) is 0 Å². The third-order valence-electron chi connectivity index (χ3n) is 6.83. The Bertz CT molecular complexity index is 545. The quantitative estimate of drug-likeness (QED) is 0.691. The molecule has 5 heteroatoms. The van der Waals surface area contributed by atoms with E-state index in [1.165, 1.54) is 0 Å². The molecule has 5 nitrogen and oxygen atoms in total. The lowest BCUT2D eigenvalue weighted by molar-refractivity contribution is -0.154. The van der Waals surface area contributed by atoms with Crippen molar-refractivity contribution in [2.24, 2.45) is 35.0 Å². The number of piperidine rings is 1. The Morgan fingerprint density at radius 2 is 2.00 bits per heavy atom. The molecule has 3 aliphatic carbocycles. The molecule has 22 heavy (non-hydrogen) atoms. The molecule has 0 amide bonds. The Morgan fingerprint density at radius 3 is 2.59 bits per heavy atom. The lowest BCUT2D eigenvalue weighted by atomic mass is 9.60. The maximum absolute atomic E-state index is 12.2. The maximum atomic E-state index is 12.2. The molecule has 0 aromatic heterocycles. The summed E-state index contributed by atoms with van der Waals surface area (Å²) in [6, 6.07) is 0.455. The van der Waals surface area contributed by atoms with Crippen molar-refractivity contribution in [3.63, 3.8) is 0 Å². The van der Waals surface area contributed by atoms with E-state index in [0.29, 0.717) is 24.8 Å². The molecular formula is C17H23NO4. The normalized spacial score (nSPS) is 49.3. The summed E-state index contributed by atoms with van der Waals surface area (Å²) in [5.41, 5.74) is -0.847. The van der Waals surface area contributed by atoms with Crippen LogP contribution in [-0.2, 0) is 9.59 Å². The molecule has 0 radical (unpaired) electrons. The van der Waals surface area contributed by atoms with Gasteiger partial charge >= 0.3 is 11.9 Å². The maximum Gasteiger partial charge on any atom is 0.313 e. The van der Waals surface area contributed by atoms with Crippen molar-refractivity contribution in [2.45, 2.75) is 38.1 Å². The molecule has 4 aliphatic rings. The fourth-order valence-corrected chi connectivity index (χ4v) is 5.75. The van der Waals surface area contributed by atoms with E-state index in [0.717, 1.165) is 25.8 Å². The van der Waals surface area contributed by atoms with Crippen LogP contribution >= 0.6 is 0 Å². The van der Waals surface area contributed by atoms with Gasteiger partial charge in [-0.15, -0.1) is 0 Å². The highest BCUT2D eigenvalue weighted by Crippen LogP contribution is 2.56. The zero-order chi connectivity index (χ0) is 15.5. The number of carboxylic acid groups (broad SMARTS) is 2. The molecule has 3 fully saturated rings. The van der Waals surface area contributed by atoms with Crippen molar-refractivity contribution in [3.05, 3.63) is 12.2 Å². The Hall–Kier alpha value is -1.36. The molecule has 2 bridgehead atoms. The zero-order valence-electron chi connectivity index (χ0n) is 12.6. The average Bonchev–Trinajstić information content (AvgIpc) is 3.20. The van der Waals surface area contributed by atoms with Crippen molar-refractivity contribution >= 4 is 11.9 Å². The van der Waals surface area contributed by atoms with E-state index in [2.05, 4.69) is 5.32 Å². The van der Waals surface area contributed by atoms with Crippen molar-refractivity contribution in [3.8, 4) is 0 Å². The first-order valence-electron chi connectivity index (χ1n) is 8.40. The number of nitrogens with one attached hydrogen (secondary N) is 1. The Balaban J connectivity index is 1.67. The van der Waals surface area contributed by atoms with Crippen LogP contribution in [0.4, 0.5) is 0 Å². The minimum absolute atomic E-state index is 0.00862. The first kappa shape index (κ1) is 14.2. The van der Waals surface area contributed by atoms with E-state index in [9.17, 15) is 19.8 Å². The van der Waals surface area contributed by atoms with E-state index in [1.807, 2.05) is 12.2 Å². The van der Waals surface area contributed by atoms with Crippen LogP contribution in [0.2, 0.25) is 0 Å². The Kier molecular flexibility index (Phi) is 3.12. The monoisotopic (exact) mass is 305 g/mol. The second kappa shape index (κ2) is 4.82. The predicted octanol–water partition coefficient (Wildman–Crippen LogP) is 1.74. The molecule has 2 saturated carbocycles. The van der Waals surface area contributed by atoms with Crippen LogP contribution < -0.4 is 5.32 Å². The number of aliphatic carboxylic acids is 2. The number of allylic oxidation sites excluding steroid dienone is 1. The standard InChI is InChI=1S/C17H23NO4/c19-15(20)12-2-1-9-3-4-17(16(21)22,7-13(9)12)14-6-11-5-10(14)8-18-11/h3-4,9-14,18H,1-2,5-8H2,(H,19,20)(H,21,22). The molecule has 0 aromatic rings. The molecular weight excluding hydrogens is 282 g/mol. The smallest absolute Gasteiger partial charge is 0.313 e. The summed E-state index contributed by atoms with van der Waals surface area (Å²) in [7, 11) is 0. The highest BCUT2D eigenvalue weighted by atomic mass is 16.4. The highest BCUT2D eigenvalue weighted by molar-refractivity contribution is 5.79. The van der Waals surface area contributed by atoms with Crippen LogP contribution in [0.5, 0.6) is 0 Å². The van der Waals surface area contributed by atoms with Gasteiger partial charge in [0, 0.05) is 6.04 Å². The van der Waals surface area contributed by atoms with E-state index >= 15 is 0 Å². The van der Waals surface area contributed by atoms with Crippen LogP contribution in [0.1, 0.15) is 32.1 Å². The fraction of sp³-hybridized carbons (Fsp3) is 0.765. The van der Waals surface area contributed by atoms with E-state index < -0.39 is 17.4 Å². The third-order valence-corrected chi connectivity index (χ3v) is 6.83. The third kappa shape index (κ3) is 1.87. The molecule has 1 saturated heterocycles. The molecule has 3 N–H and O–H groups in total. The number of rotatable bonds is 3. The van der Waals surface area contributed by atoms with Crippen LogP contribution in [0, 0.1) is 35.0 Å². The lowest BCUT2D eigenvalue weighted by Crippen LogP contribution is -2.47. The van der Waals surface area contributed by atoms with Crippen molar-refractivity contribution < 1.29 is 19.8 Å². The minimum Gasteiger partial charge on any atom is -0.481 e. The first-order chi connectivity index (χ1) is 10.5. The molecule has 1 aliphatic heterocycles. The van der Waals surface area contributed by atoms with Crippen LogP contribution in [0.15, 0.2) is 12.2 Å². The molecule has 120 valence electrons. The highest BCUT2D eigenvalue weighted by Gasteiger charge is 2.57. The van der Waals surface area contributed by atoms with Crippen molar-refractivity contribution in [1.82, 2.24) is 5.32 Å². The predicted molar refractivity (Wildman–Crippen MR) is 79.2 cm³/mol. The summed E-state index contributed by atoms with van der Waals surface area (Å²) in [5.74, 6) is -1.05. The lowest BCUT2D eigenvalue weighted by Gasteiger charge is -2.43. The fourth-order valence-electron chi connectivity index (χ4n) is 5.75. The van der Waals surface area contributed by atoms with Crippen molar-refractivity contribution in [2.75, 3.05) is 6.54 Å². The molecule has 1 heterocycles. The van der Waals surface area contributed by atoms with E-state index in [1.54, 1.807) is 0 Å². The van der Waals surface area contributed by atoms with E-state index in [4.69, 9.17) is 0 Å². The average molecular weight is 305 g/mol. The SMILES string of the molecule is O=C(O)C1CCC2C=CC(C(=O)O)(C3CC4CC3CN4)CC21. The summed E-state index contributed by atoms with van der Waals surface area (Å²) in [5, 5.41) is 22.9. The van der Waals surface area contributed by atoms with Gasteiger partial charge in [-0.1, -0.05) is 12.2 Å². The van der Waals surface area contributed by atoms with Gasteiger partial charge in [-0.3, -0.25) is 9.59 Å².